The molecule has 3 nitrogen and oxygen atoms in total. The van der Waals surface area contributed by atoms with Gasteiger partial charge in [-0.3, -0.25) is 4.79 Å². The predicted molar refractivity (Wildman–Crippen MR) is 67.7 cm³/mol. The molecule has 0 amide bonds. The Morgan fingerprint density at radius 3 is 2.62 bits per heavy atom. The molecule has 0 spiro atoms. The highest BCUT2D eigenvalue weighted by molar-refractivity contribution is 9.10. The number of carboxylic acids is 1. The summed E-state index contributed by atoms with van der Waals surface area (Å²) in [6, 6.07) is 3.95. The van der Waals surface area contributed by atoms with Crippen LogP contribution in [0.5, 0.6) is 0 Å². The van der Waals surface area contributed by atoms with Gasteiger partial charge in [0.1, 0.15) is 0 Å². The lowest BCUT2D eigenvalue weighted by Gasteiger charge is -2.17. The van der Waals surface area contributed by atoms with Gasteiger partial charge in [0.25, 0.3) is 0 Å². The largest absolute Gasteiger partial charge is 0.481 e. The first-order valence-corrected chi connectivity index (χ1v) is 5.94. The van der Waals surface area contributed by atoms with E-state index in [1.807, 2.05) is 26.0 Å². The fourth-order valence-corrected chi connectivity index (χ4v) is 2.17. The number of halogens is 1. The number of carbonyl (C=O) groups is 1. The summed E-state index contributed by atoms with van der Waals surface area (Å²) in [5.74, 6) is -0.930. The third kappa shape index (κ3) is 2.83. The fourth-order valence-electron chi connectivity index (χ4n) is 1.81. The van der Waals surface area contributed by atoms with E-state index in [4.69, 9.17) is 10.8 Å². The number of nitrogens with two attached hydrogens (primary N) is 1. The maximum absolute atomic E-state index is 10.7. The summed E-state index contributed by atoms with van der Waals surface area (Å²) in [6.07, 6.45) is 0.0762. The number of benzene rings is 1. The number of aliphatic carboxylic acids is 1. The van der Waals surface area contributed by atoms with Gasteiger partial charge in [-0.25, -0.2) is 0 Å². The first-order valence-electron chi connectivity index (χ1n) is 5.14. The van der Waals surface area contributed by atoms with Gasteiger partial charge < -0.3 is 10.8 Å². The molecular formula is C12H16BrNO2. The Kier molecular flexibility index (Phi) is 4.50. The van der Waals surface area contributed by atoms with Gasteiger partial charge in [0.15, 0.2) is 0 Å². The number of carboxylic acid groups (broad SMARTS) is 1. The second kappa shape index (κ2) is 5.46. The van der Waals surface area contributed by atoms with Crippen LogP contribution in [0.1, 0.15) is 29.0 Å². The van der Waals surface area contributed by atoms with E-state index in [0.717, 1.165) is 21.2 Å². The highest BCUT2D eigenvalue weighted by Gasteiger charge is 2.17. The van der Waals surface area contributed by atoms with Gasteiger partial charge in [0.2, 0.25) is 0 Å². The average Bonchev–Trinajstić information content (AvgIpc) is 2.23. The van der Waals surface area contributed by atoms with Crippen molar-refractivity contribution in [3.05, 3.63) is 33.3 Å². The van der Waals surface area contributed by atoms with Crippen molar-refractivity contribution in [2.75, 3.05) is 6.54 Å². The van der Waals surface area contributed by atoms with Crippen LogP contribution in [0.4, 0.5) is 0 Å². The van der Waals surface area contributed by atoms with Gasteiger partial charge in [-0.15, -0.1) is 0 Å². The van der Waals surface area contributed by atoms with Gasteiger partial charge in [0.05, 0.1) is 6.42 Å². The Hall–Kier alpha value is -0.870. The summed E-state index contributed by atoms with van der Waals surface area (Å²) in [4.78, 5) is 10.7. The van der Waals surface area contributed by atoms with E-state index in [0.29, 0.717) is 6.54 Å². The smallest absolute Gasteiger partial charge is 0.304 e. The highest BCUT2D eigenvalue weighted by Crippen LogP contribution is 2.29. The molecule has 0 heterocycles. The summed E-state index contributed by atoms with van der Waals surface area (Å²) in [7, 11) is 0. The van der Waals surface area contributed by atoms with Crippen molar-refractivity contribution < 1.29 is 9.90 Å². The van der Waals surface area contributed by atoms with Crippen LogP contribution in [0.3, 0.4) is 0 Å². The molecule has 16 heavy (non-hydrogen) atoms. The predicted octanol–water partition coefficient (Wildman–Crippen LogP) is 2.58. The molecule has 1 rings (SSSR count). The Morgan fingerprint density at radius 2 is 2.12 bits per heavy atom. The van der Waals surface area contributed by atoms with Crippen LogP contribution in [0.25, 0.3) is 0 Å². The molecule has 0 saturated heterocycles. The van der Waals surface area contributed by atoms with Gasteiger partial charge in [0, 0.05) is 10.4 Å². The third-order valence-corrected chi connectivity index (χ3v) is 3.99. The molecule has 0 bridgehead atoms. The third-order valence-electron chi connectivity index (χ3n) is 2.77. The molecule has 0 fully saturated rings. The van der Waals surface area contributed by atoms with E-state index in [9.17, 15) is 4.79 Å². The van der Waals surface area contributed by atoms with E-state index in [1.165, 1.54) is 0 Å². The Bertz CT molecular complexity index is 404. The number of aryl methyl sites for hydroxylation is 1. The number of rotatable bonds is 4. The van der Waals surface area contributed by atoms with Crippen LogP contribution in [0.15, 0.2) is 16.6 Å². The number of hydrogen-bond acceptors (Lipinski definition) is 2. The quantitative estimate of drug-likeness (QED) is 0.894. The molecule has 0 aliphatic heterocycles. The molecule has 3 N–H and O–H groups in total. The molecule has 1 atom stereocenters. The lowest BCUT2D eigenvalue weighted by Crippen LogP contribution is -2.17. The molecule has 0 aliphatic carbocycles. The van der Waals surface area contributed by atoms with Crippen LogP contribution in [0, 0.1) is 13.8 Å². The van der Waals surface area contributed by atoms with Gasteiger partial charge in [-0.1, -0.05) is 28.1 Å². The first-order chi connectivity index (χ1) is 7.47. The summed E-state index contributed by atoms with van der Waals surface area (Å²) in [5, 5.41) is 8.82. The first kappa shape index (κ1) is 13.2. The molecule has 0 saturated carbocycles. The minimum Gasteiger partial charge on any atom is -0.481 e. The van der Waals surface area contributed by atoms with Crippen LogP contribution in [0.2, 0.25) is 0 Å². The zero-order valence-electron chi connectivity index (χ0n) is 9.46. The summed E-state index contributed by atoms with van der Waals surface area (Å²) >= 11 is 3.51. The highest BCUT2D eigenvalue weighted by atomic mass is 79.9. The van der Waals surface area contributed by atoms with Crippen LogP contribution < -0.4 is 5.73 Å². The SMILES string of the molecule is Cc1ccc(C(CN)CC(=O)O)c(C)c1Br. The zero-order valence-corrected chi connectivity index (χ0v) is 11.0. The molecule has 4 heteroatoms. The average molecular weight is 286 g/mol. The van der Waals surface area contributed by atoms with E-state index in [1.54, 1.807) is 0 Å². The number of hydrogen-bond donors (Lipinski definition) is 2. The normalized spacial score (nSPS) is 12.5. The van der Waals surface area contributed by atoms with Crippen LogP contribution >= 0.6 is 15.9 Å². The molecule has 0 radical (unpaired) electrons. The minimum atomic E-state index is -0.813. The van der Waals surface area contributed by atoms with Crippen molar-refractivity contribution in [1.82, 2.24) is 0 Å². The van der Waals surface area contributed by atoms with E-state index in [2.05, 4.69) is 15.9 Å². The summed E-state index contributed by atoms with van der Waals surface area (Å²) < 4.78 is 1.04. The van der Waals surface area contributed by atoms with Crippen LogP contribution in [-0.4, -0.2) is 17.6 Å². The molecule has 88 valence electrons. The molecular weight excluding hydrogens is 270 g/mol. The maximum atomic E-state index is 10.7. The van der Waals surface area contributed by atoms with E-state index >= 15 is 0 Å². The fraction of sp³-hybridized carbons (Fsp3) is 0.417. The summed E-state index contributed by atoms with van der Waals surface area (Å²) in [5.41, 5.74) is 8.87. The minimum absolute atomic E-state index is 0.0762. The van der Waals surface area contributed by atoms with Gasteiger partial charge in [-0.05, 0) is 37.1 Å². The summed E-state index contributed by atoms with van der Waals surface area (Å²) in [6.45, 7) is 4.34. The molecule has 1 unspecified atom stereocenters. The lowest BCUT2D eigenvalue weighted by molar-refractivity contribution is -0.137. The molecule has 0 aliphatic rings. The second-order valence-corrected chi connectivity index (χ2v) is 4.73. The Balaban J connectivity index is 3.11. The van der Waals surface area contributed by atoms with Crippen molar-refractivity contribution in [2.45, 2.75) is 26.2 Å². The molecule has 1 aromatic carbocycles. The van der Waals surface area contributed by atoms with Crippen molar-refractivity contribution >= 4 is 21.9 Å². The lowest BCUT2D eigenvalue weighted by atomic mass is 9.91. The Labute approximate surface area is 104 Å². The monoisotopic (exact) mass is 285 g/mol. The molecule has 1 aromatic rings. The Morgan fingerprint density at radius 1 is 1.50 bits per heavy atom. The van der Waals surface area contributed by atoms with E-state index < -0.39 is 5.97 Å². The standard InChI is InChI=1S/C12H16BrNO2/c1-7-3-4-10(8(2)12(7)13)9(6-14)5-11(15)16/h3-4,9H,5-6,14H2,1-2H3,(H,15,16). The zero-order chi connectivity index (χ0) is 12.3. The van der Waals surface area contributed by atoms with E-state index in [-0.39, 0.29) is 12.3 Å². The van der Waals surface area contributed by atoms with Crippen molar-refractivity contribution in [1.29, 1.82) is 0 Å². The van der Waals surface area contributed by atoms with Crippen molar-refractivity contribution in [3.8, 4) is 0 Å². The topological polar surface area (TPSA) is 63.3 Å². The van der Waals surface area contributed by atoms with Gasteiger partial charge >= 0.3 is 5.97 Å². The maximum Gasteiger partial charge on any atom is 0.304 e. The van der Waals surface area contributed by atoms with Crippen molar-refractivity contribution in [2.24, 2.45) is 5.73 Å². The van der Waals surface area contributed by atoms with Crippen molar-refractivity contribution in [3.63, 3.8) is 0 Å². The van der Waals surface area contributed by atoms with Crippen LogP contribution in [-0.2, 0) is 4.79 Å². The molecule has 0 aromatic heterocycles. The van der Waals surface area contributed by atoms with Gasteiger partial charge in [-0.2, -0.15) is 0 Å². The second-order valence-electron chi connectivity index (χ2n) is 3.94.